The van der Waals surface area contributed by atoms with Crippen molar-refractivity contribution in [3.05, 3.63) is 27.7 Å². The second-order valence-electron chi connectivity index (χ2n) is 2.96. The van der Waals surface area contributed by atoms with Crippen molar-refractivity contribution in [1.29, 1.82) is 0 Å². The summed E-state index contributed by atoms with van der Waals surface area (Å²) in [6.07, 6.45) is 0. The minimum absolute atomic E-state index is 0.102. The van der Waals surface area contributed by atoms with Gasteiger partial charge in [-0.15, -0.1) is 0 Å². The van der Waals surface area contributed by atoms with Crippen molar-refractivity contribution in [1.82, 2.24) is 10.2 Å². The number of nitrogens with zero attached hydrogens (tertiary/aromatic N) is 1. The molecule has 0 saturated heterocycles. The normalized spacial score (nSPS) is 10.5. The lowest BCUT2D eigenvalue weighted by Crippen LogP contribution is -2.13. The predicted molar refractivity (Wildman–Crippen MR) is 43.7 cm³/mol. The van der Waals surface area contributed by atoms with Crippen LogP contribution >= 0.6 is 0 Å². The molecule has 0 aliphatic rings. The smallest absolute Gasteiger partial charge is 0.267 e. The van der Waals surface area contributed by atoms with Gasteiger partial charge in [-0.3, -0.25) is 4.79 Å². The van der Waals surface area contributed by atoms with E-state index in [4.69, 9.17) is 0 Å². The Morgan fingerprint density at radius 2 is 2.18 bits per heavy atom. The summed E-state index contributed by atoms with van der Waals surface area (Å²) in [5.74, 6) is 0.366. The van der Waals surface area contributed by atoms with Gasteiger partial charge in [-0.2, -0.15) is 5.10 Å². The molecule has 0 bridgehead atoms. The third kappa shape index (κ3) is 1.67. The summed E-state index contributed by atoms with van der Waals surface area (Å²) in [5.41, 5.74) is 1.56. The molecule has 0 amide bonds. The molecule has 1 heterocycles. The van der Waals surface area contributed by atoms with Gasteiger partial charge in [0.25, 0.3) is 5.56 Å². The molecule has 1 aromatic rings. The van der Waals surface area contributed by atoms with Gasteiger partial charge in [-0.1, -0.05) is 13.8 Å². The van der Waals surface area contributed by atoms with Crippen molar-refractivity contribution in [3.63, 3.8) is 0 Å². The van der Waals surface area contributed by atoms with Gasteiger partial charge in [0.15, 0.2) is 0 Å². The van der Waals surface area contributed by atoms with E-state index in [1.165, 1.54) is 0 Å². The second kappa shape index (κ2) is 2.86. The molecular formula is C8H12N2O. The Balaban J connectivity index is 3.15. The zero-order chi connectivity index (χ0) is 8.43. The number of rotatable bonds is 1. The Kier molecular flexibility index (Phi) is 2.08. The van der Waals surface area contributed by atoms with E-state index in [0.717, 1.165) is 11.3 Å². The predicted octanol–water partition coefficient (Wildman–Crippen LogP) is 1.20. The van der Waals surface area contributed by atoms with Crippen LogP contribution < -0.4 is 5.56 Å². The lowest BCUT2D eigenvalue weighted by Gasteiger charge is -2.02. The van der Waals surface area contributed by atoms with Gasteiger partial charge in [0, 0.05) is 5.56 Å². The number of aryl methyl sites for hydroxylation is 1. The van der Waals surface area contributed by atoms with Crippen LogP contribution in [-0.4, -0.2) is 10.2 Å². The molecule has 60 valence electrons. The van der Waals surface area contributed by atoms with Crippen LogP contribution in [0.25, 0.3) is 0 Å². The Morgan fingerprint density at radius 1 is 1.55 bits per heavy atom. The van der Waals surface area contributed by atoms with E-state index in [9.17, 15) is 4.79 Å². The number of hydrogen-bond donors (Lipinski definition) is 1. The van der Waals surface area contributed by atoms with Crippen LogP contribution in [0.15, 0.2) is 10.9 Å². The van der Waals surface area contributed by atoms with Crippen LogP contribution in [0, 0.1) is 6.92 Å². The Hall–Kier alpha value is -1.12. The Bertz CT molecular complexity index is 301. The molecule has 1 N–H and O–H groups in total. The number of nitrogens with one attached hydrogen (secondary N) is 1. The van der Waals surface area contributed by atoms with Crippen LogP contribution in [0.2, 0.25) is 0 Å². The fourth-order valence-corrected chi connectivity index (χ4v) is 0.819. The van der Waals surface area contributed by atoms with E-state index in [1.807, 2.05) is 19.9 Å². The molecule has 0 saturated carbocycles. The number of H-pyrrole nitrogens is 1. The molecule has 0 unspecified atom stereocenters. The molecule has 0 aliphatic heterocycles. The van der Waals surface area contributed by atoms with Gasteiger partial charge in [-0.25, -0.2) is 5.10 Å². The topological polar surface area (TPSA) is 45.8 Å². The first kappa shape index (κ1) is 7.98. The molecule has 3 heteroatoms. The molecule has 0 spiro atoms. The Morgan fingerprint density at radius 3 is 2.64 bits per heavy atom. The van der Waals surface area contributed by atoms with Crippen molar-refractivity contribution in [2.24, 2.45) is 0 Å². The number of aromatic amines is 1. The quantitative estimate of drug-likeness (QED) is 0.657. The van der Waals surface area contributed by atoms with Gasteiger partial charge < -0.3 is 0 Å². The summed E-state index contributed by atoms with van der Waals surface area (Å²) < 4.78 is 0. The van der Waals surface area contributed by atoms with Crippen molar-refractivity contribution >= 4 is 0 Å². The SMILES string of the molecule is Cc1cc(C(C)C)n[nH]c1=O. The highest BCUT2D eigenvalue weighted by atomic mass is 16.1. The highest BCUT2D eigenvalue weighted by Gasteiger charge is 2.01. The van der Waals surface area contributed by atoms with E-state index in [2.05, 4.69) is 10.2 Å². The summed E-state index contributed by atoms with van der Waals surface area (Å²) in [7, 11) is 0. The highest BCUT2D eigenvalue weighted by molar-refractivity contribution is 5.13. The molecule has 0 aromatic carbocycles. The second-order valence-corrected chi connectivity index (χ2v) is 2.96. The third-order valence-electron chi connectivity index (χ3n) is 1.60. The lowest BCUT2D eigenvalue weighted by molar-refractivity contribution is 0.772. The van der Waals surface area contributed by atoms with Gasteiger partial charge in [-0.05, 0) is 18.9 Å². The summed E-state index contributed by atoms with van der Waals surface area (Å²) in [6, 6.07) is 1.82. The van der Waals surface area contributed by atoms with Gasteiger partial charge in [0.2, 0.25) is 0 Å². The summed E-state index contributed by atoms with van der Waals surface area (Å²) in [4.78, 5) is 10.9. The van der Waals surface area contributed by atoms with Gasteiger partial charge >= 0.3 is 0 Å². The molecular weight excluding hydrogens is 140 g/mol. The van der Waals surface area contributed by atoms with Crippen molar-refractivity contribution < 1.29 is 0 Å². The van der Waals surface area contributed by atoms with Crippen molar-refractivity contribution in [2.45, 2.75) is 26.7 Å². The molecule has 1 rings (SSSR count). The van der Waals surface area contributed by atoms with E-state index in [1.54, 1.807) is 6.92 Å². The molecule has 1 aromatic heterocycles. The van der Waals surface area contributed by atoms with Crippen LogP contribution in [-0.2, 0) is 0 Å². The van der Waals surface area contributed by atoms with E-state index in [0.29, 0.717) is 5.92 Å². The molecule has 0 aliphatic carbocycles. The summed E-state index contributed by atoms with van der Waals surface area (Å²) >= 11 is 0. The maximum atomic E-state index is 10.9. The zero-order valence-corrected chi connectivity index (χ0v) is 7.01. The molecule has 11 heavy (non-hydrogen) atoms. The fraction of sp³-hybridized carbons (Fsp3) is 0.500. The first-order valence-corrected chi connectivity index (χ1v) is 3.67. The first-order chi connectivity index (χ1) is 5.11. The van der Waals surface area contributed by atoms with E-state index < -0.39 is 0 Å². The summed E-state index contributed by atoms with van der Waals surface area (Å²) in [5, 5.41) is 6.35. The average molecular weight is 152 g/mol. The van der Waals surface area contributed by atoms with Crippen LogP contribution in [0.3, 0.4) is 0 Å². The fourth-order valence-electron chi connectivity index (χ4n) is 0.819. The third-order valence-corrected chi connectivity index (χ3v) is 1.60. The maximum Gasteiger partial charge on any atom is 0.267 e. The van der Waals surface area contributed by atoms with Crippen LogP contribution in [0.1, 0.15) is 31.0 Å². The monoisotopic (exact) mass is 152 g/mol. The molecule has 0 radical (unpaired) electrons. The number of hydrogen-bond acceptors (Lipinski definition) is 2. The van der Waals surface area contributed by atoms with Gasteiger partial charge in [0.05, 0.1) is 5.69 Å². The minimum atomic E-state index is -0.102. The lowest BCUT2D eigenvalue weighted by atomic mass is 10.1. The van der Waals surface area contributed by atoms with Crippen LogP contribution in [0.4, 0.5) is 0 Å². The molecule has 0 fully saturated rings. The maximum absolute atomic E-state index is 10.9. The highest BCUT2D eigenvalue weighted by Crippen LogP contribution is 2.08. The average Bonchev–Trinajstić information content (AvgIpc) is 1.94. The molecule has 0 atom stereocenters. The number of aromatic nitrogens is 2. The largest absolute Gasteiger partial charge is 0.268 e. The van der Waals surface area contributed by atoms with Crippen molar-refractivity contribution in [3.8, 4) is 0 Å². The van der Waals surface area contributed by atoms with Crippen molar-refractivity contribution in [2.75, 3.05) is 0 Å². The molecule has 3 nitrogen and oxygen atoms in total. The Labute approximate surface area is 65.5 Å². The van der Waals surface area contributed by atoms with E-state index in [-0.39, 0.29) is 5.56 Å². The minimum Gasteiger partial charge on any atom is -0.268 e. The standard InChI is InChI=1S/C8H12N2O/c1-5(2)7-4-6(3)8(11)10-9-7/h4-5H,1-3H3,(H,10,11). The van der Waals surface area contributed by atoms with E-state index >= 15 is 0 Å². The van der Waals surface area contributed by atoms with Gasteiger partial charge in [0.1, 0.15) is 0 Å². The zero-order valence-electron chi connectivity index (χ0n) is 7.01. The van der Waals surface area contributed by atoms with Crippen LogP contribution in [0.5, 0.6) is 0 Å². The summed E-state index contributed by atoms with van der Waals surface area (Å²) in [6.45, 7) is 5.87. The first-order valence-electron chi connectivity index (χ1n) is 3.67.